The molecule has 0 saturated carbocycles. The van der Waals surface area contributed by atoms with Crippen LogP contribution in [0.2, 0.25) is 0 Å². The molecule has 0 spiro atoms. The van der Waals surface area contributed by atoms with E-state index < -0.39 is 5.60 Å². The zero-order chi connectivity index (χ0) is 13.4. The Labute approximate surface area is 111 Å². The molecule has 0 N–H and O–H groups in total. The lowest BCUT2D eigenvalue weighted by atomic mass is 9.92. The fourth-order valence-corrected chi connectivity index (χ4v) is 2.29. The van der Waals surface area contributed by atoms with Crippen molar-refractivity contribution < 1.29 is 9.53 Å². The van der Waals surface area contributed by atoms with Gasteiger partial charge >= 0.3 is 5.97 Å². The fourth-order valence-electron chi connectivity index (χ4n) is 2.29. The zero-order valence-electron chi connectivity index (χ0n) is 11.7. The Kier molecular flexibility index (Phi) is 6.21. The number of ether oxygens (including phenoxy) is 1. The first-order chi connectivity index (χ1) is 8.65. The van der Waals surface area contributed by atoms with Gasteiger partial charge in [0.05, 0.1) is 0 Å². The predicted octanol–water partition coefficient (Wildman–Crippen LogP) is 2.60. The van der Waals surface area contributed by atoms with Crippen LogP contribution in [0.1, 0.15) is 52.4 Å². The number of piperidine rings is 1. The SMILES string of the molecule is C#CC1(OC(=O)CCCCC)CCN(CC)CC1. The van der Waals surface area contributed by atoms with E-state index in [0.29, 0.717) is 6.42 Å². The lowest BCUT2D eigenvalue weighted by Gasteiger charge is -2.37. The van der Waals surface area contributed by atoms with Gasteiger partial charge in [0.2, 0.25) is 0 Å². The molecule has 3 heteroatoms. The third-order valence-corrected chi connectivity index (χ3v) is 3.67. The second-order valence-corrected chi connectivity index (χ2v) is 5.00. The van der Waals surface area contributed by atoms with E-state index in [2.05, 4.69) is 24.7 Å². The van der Waals surface area contributed by atoms with E-state index in [0.717, 1.165) is 51.7 Å². The molecule has 102 valence electrons. The topological polar surface area (TPSA) is 29.5 Å². The summed E-state index contributed by atoms with van der Waals surface area (Å²) in [7, 11) is 0. The van der Waals surface area contributed by atoms with E-state index in [4.69, 9.17) is 11.2 Å². The highest BCUT2D eigenvalue weighted by Crippen LogP contribution is 2.26. The van der Waals surface area contributed by atoms with Crippen LogP contribution in [0.15, 0.2) is 0 Å². The van der Waals surface area contributed by atoms with Crippen molar-refractivity contribution >= 4 is 5.97 Å². The highest BCUT2D eigenvalue weighted by molar-refractivity contribution is 5.70. The van der Waals surface area contributed by atoms with Crippen molar-refractivity contribution in [1.29, 1.82) is 0 Å². The van der Waals surface area contributed by atoms with E-state index in [1.165, 1.54) is 0 Å². The number of hydrogen-bond acceptors (Lipinski definition) is 3. The smallest absolute Gasteiger partial charge is 0.307 e. The van der Waals surface area contributed by atoms with Crippen molar-refractivity contribution in [3.63, 3.8) is 0 Å². The second-order valence-electron chi connectivity index (χ2n) is 5.00. The standard InChI is InChI=1S/C15H25NO2/c1-4-7-8-9-14(17)18-15(5-2)10-12-16(6-3)13-11-15/h2H,4,6-13H2,1,3H3. The highest BCUT2D eigenvalue weighted by atomic mass is 16.6. The molecule has 0 amide bonds. The monoisotopic (exact) mass is 251 g/mol. The first-order valence-corrected chi connectivity index (χ1v) is 7.07. The van der Waals surface area contributed by atoms with Crippen LogP contribution < -0.4 is 0 Å². The molecule has 0 atom stereocenters. The molecule has 1 saturated heterocycles. The van der Waals surface area contributed by atoms with Gasteiger partial charge < -0.3 is 9.64 Å². The normalized spacial score (nSPS) is 19.2. The zero-order valence-corrected chi connectivity index (χ0v) is 11.7. The molecule has 18 heavy (non-hydrogen) atoms. The molecule has 0 aromatic heterocycles. The lowest BCUT2D eigenvalue weighted by Crippen LogP contribution is -2.46. The van der Waals surface area contributed by atoms with E-state index in [-0.39, 0.29) is 5.97 Å². The molecule has 1 aliphatic rings. The number of carbonyl (C=O) groups is 1. The van der Waals surface area contributed by atoms with Crippen molar-refractivity contribution in [1.82, 2.24) is 4.90 Å². The lowest BCUT2D eigenvalue weighted by molar-refractivity contribution is -0.157. The number of likely N-dealkylation sites (tertiary alicyclic amines) is 1. The summed E-state index contributed by atoms with van der Waals surface area (Å²) in [5.74, 6) is 2.58. The summed E-state index contributed by atoms with van der Waals surface area (Å²) in [5.41, 5.74) is -0.644. The Hall–Kier alpha value is -1.01. The van der Waals surface area contributed by atoms with Crippen LogP contribution in [0.3, 0.4) is 0 Å². The third kappa shape index (κ3) is 4.34. The number of hydrogen-bond donors (Lipinski definition) is 0. The van der Waals surface area contributed by atoms with E-state index in [1.807, 2.05) is 0 Å². The average molecular weight is 251 g/mol. The number of carbonyl (C=O) groups excluding carboxylic acids is 1. The van der Waals surface area contributed by atoms with Crippen molar-refractivity contribution in [2.24, 2.45) is 0 Å². The maximum absolute atomic E-state index is 11.8. The minimum absolute atomic E-state index is 0.133. The first kappa shape index (κ1) is 15.0. The highest BCUT2D eigenvalue weighted by Gasteiger charge is 2.35. The van der Waals surface area contributed by atoms with Gasteiger partial charge in [0.15, 0.2) is 5.60 Å². The van der Waals surface area contributed by atoms with Crippen LogP contribution in [0.25, 0.3) is 0 Å². The van der Waals surface area contributed by atoms with Gasteiger partial charge in [-0.05, 0) is 13.0 Å². The van der Waals surface area contributed by atoms with Gasteiger partial charge in [0.1, 0.15) is 0 Å². The largest absolute Gasteiger partial charge is 0.446 e. The number of nitrogens with zero attached hydrogens (tertiary/aromatic N) is 1. The molecule has 0 unspecified atom stereocenters. The minimum Gasteiger partial charge on any atom is -0.446 e. The summed E-state index contributed by atoms with van der Waals surface area (Å²) in [6.07, 6.45) is 10.7. The number of terminal acetylenes is 1. The van der Waals surface area contributed by atoms with Crippen LogP contribution in [0.5, 0.6) is 0 Å². The summed E-state index contributed by atoms with van der Waals surface area (Å²) < 4.78 is 5.57. The molecule has 3 nitrogen and oxygen atoms in total. The van der Waals surface area contributed by atoms with Gasteiger partial charge in [-0.25, -0.2) is 0 Å². The number of rotatable bonds is 6. The maximum Gasteiger partial charge on any atom is 0.307 e. The van der Waals surface area contributed by atoms with Crippen LogP contribution in [-0.2, 0) is 9.53 Å². The summed E-state index contributed by atoms with van der Waals surface area (Å²) in [5, 5.41) is 0. The van der Waals surface area contributed by atoms with Gasteiger partial charge in [-0.3, -0.25) is 4.79 Å². The van der Waals surface area contributed by atoms with Crippen molar-refractivity contribution in [2.45, 2.75) is 58.0 Å². The van der Waals surface area contributed by atoms with Gasteiger partial charge in [-0.15, -0.1) is 6.42 Å². The maximum atomic E-state index is 11.8. The van der Waals surface area contributed by atoms with Gasteiger partial charge in [-0.2, -0.15) is 0 Å². The fraction of sp³-hybridized carbons (Fsp3) is 0.800. The molecule has 0 aromatic rings. The van der Waals surface area contributed by atoms with E-state index >= 15 is 0 Å². The molecule has 0 aromatic carbocycles. The molecule has 1 aliphatic heterocycles. The van der Waals surface area contributed by atoms with Crippen LogP contribution in [-0.4, -0.2) is 36.1 Å². The number of esters is 1. The van der Waals surface area contributed by atoms with Crippen LogP contribution >= 0.6 is 0 Å². The molecule has 1 heterocycles. The quantitative estimate of drug-likeness (QED) is 0.413. The molecule has 0 bridgehead atoms. The van der Waals surface area contributed by atoms with Crippen LogP contribution in [0, 0.1) is 12.3 Å². The van der Waals surface area contributed by atoms with Crippen LogP contribution in [0.4, 0.5) is 0 Å². The number of unbranched alkanes of at least 4 members (excludes halogenated alkanes) is 2. The van der Waals surface area contributed by atoms with Gasteiger partial charge in [-0.1, -0.05) is 32.6 Å². The molecule has 0 aliphatic carbocycles. The summed E-state index contributed by atoms with van der Waals surface area (Å²) >= 11 is 0. The Morgan fingerprint density at radius 1 is 1.33 bits per heavy atom. The Morgan fingerprint density at radius 2 is 2.00 bits per heavy atom. The Balaban J connectivity index is 2.42. The summed E-state index contributed by atoms with van der Waals surface area (Å²) in [4.78, 5) is 14.1. The molecule has 1 rings (SSSR count). The summed E-state index contributed by atoms with van der Waals surface area (Å²) in [6, 6.07) is 0. The molecule has 0 radical (unpaired) electrons. The Morgan fingerprint density at radius 3 is 2.50 bits per heavy atom. The van der Waals surface area contributed by atoms with Crippen molar-refractivity contribution in [2.75, 3.05) is 19.6 Å². The molecular weight excluding hydrogens is 226 g/mol. The average Bonchev–Trinajstić information content (AvgIpc) is 2.40. The summed E-state index contributed by atoms with van der Waals surface area (Å²) in [6.45, 7) is 7.13. The minimum atomic E-state index is -0.644. The molecule has 1 fully saturated rings. The van der Waals surface area contributed by atoms with E-state index in [1.54, 1.807) is 0 Å². The van der Waals surface area contributed by atoms with Crippen molar-refractivity contribution in [3.05, 3.63) is 0 Å². The Bertz CT molecular complexity index is 298. The second kappa shape index (κ2) is 7.43. The van der Waals surface area contributed by atoms with Crippen molar-refractivity contribution in [3.8, 4) is 12.3 Å². The first-order valence-electron chi connectivity index (χ1n) is 7.07. The van der Waals surface area contributed by atoms with Gasteiger partial charge in [0, 0.05) is 32.4 Å². The predicted molar refractivity (Wildman–Crippen MR) is 73.1 cm³/mol. The van der Waals surface area contributed by atoms with Gasteiger partial charge in [0.25, 0.3) is 0 Å². The van der Waals surface area contributed by atoms with E-state index in [9.17, 15) is 4.79 Å². The third-order valence-electron chi connectivity index (χ3n) is 3.67. The molecular formula is C15H25NO2.